The van der Waals surface area contributed by atoms with Crippen LogP contribution >= 0.6 is 0 Å². The van der Waals surface area contributed by atoms with Crippen molar-refractivity contribution in [3.05, 3.63) is 23.5 Å². The molecule has 0 amide bonds. The summed E-state index contributed by atoms with van der Waals surface area (Å²) in [7, 11) is 0. The van der Waals surface area contributed by atoms with Gasteiger partial charge in [-0.25, -0.2) is 0 Å². The van der Waals surface area contributed by atoms with Gasteiger partial charge in [-0.15, -0.1) is 0 Å². The maximum atomic E-state index is 12.5. The molecule has 22 heavy (non-hydrogen) atoms. The molecule has 0 aromatic heterocycles. The quantitative estimate of drug-likeness (QED) is 0.732. The Hall–Kier alpha value is -1.09. The van der Waals surface area contributed by atoms with Gasteiger partial charge < -0.3 is 9.47 Å². The minimum absolute atomic E-state index is 0.107. The number of Topliss-reactive ketones (excluding diaryl/α,β-unsaturated/α-hetero) is 1. The molecule has 0 spiro atoms. The second-order valence-corrected chi connectivity index (χ2v) is 7.74. The minimum atomic E-state index is -0.235. The maximum absolute atomic E-state index is 12.5. The first kappa shape index (κ1) is 15.8. The highest BCUT2D eigenvalue weighted by atomic mass is 16.7. The molecule has 0 unspecified atom stereocenters. The molecule has 2 aliphatic carbocycles. The van der Waals surface area contributed by atoms with Crippen LogP contribution in [0, 0.1) is 23.2 Å². The molecule has 1 heterocycles. The van der Waals surface area contributed by atoms with E-state index < -0.39 is 0 Å². The number of rotatable bonds is 3. The summed E-state index contributed by atoms with van der Waals surface area (Å²) < 4.78 is 12.1. The van der Waals surface area contributed by atoms with Crippen LogP contribution in [0.15, 0.2) is 23.5 Å². The second kappa shape index (κ2) is 5.52. The molecule has 0 saturated heterocycles. The van der Waals surface area contributed by atoms with Crippen LogP contribution < -0.4 is 0 Å². The summed E-state index contributed by atoms with van der Waals surface area (Å²) in [6, 6.07) is 0. The van der Waals surface area contributed by atoms with E-state index in [1.165, 1.54) is 5.57 Å². The number of ether oxygens (including phenoxy) is 2. The molecule has 0 bridgehead atoms. The van der Waals surface area contributed by atoms with E-state index in [0.29, 0.717) is 18.9 Å². The first-order valence-electron chi connectivity index (χ1n) is 8.56. The van der Waals surface area contributed by atoms with Gasteiger partial charge in [-0.1, -0.05) is 26.0 Å². The molecule has 0 aromatic rings. The monoisotopic (exact) mass is 304 g/mol. The van der Waals surface area contributed by atoms with E-state index in [2.05, 4.69) is 27.4 Å². The molecule has 3 aliphatic rings. The van der Waals surface area contributed by atoms with Gasteiger partial charge in [-0.3, -0.25) is 4.79 Å². The van der Waals surface area contributed by atoms with Crippen molar-refractivity contribution < 1.29 is 14.3 Å². The zero-order chi connectivity index (χ0) is 16.1. The number of hydrogen-bond acceptors (Lipinski definition) is 3. The maximum Gasteiger partial charge on any atom is 0.203 e. The fourth-order valence-electron chi connectivity index (χ4n) is 4.78. The van der Waals surface area contributed by atoms with Crippen LogP contribution in [-0.2, 0) is 14.3 Å². The molecule has 4 atom stereocenters. The van der Waals surface area contributed by atoms with Gasteiger partial charge in [0.2, 0.25) is 6.29 Å². The van der Waals surface area contributed by atoms with Crippen molar-refractivity contribution in [1.29, 1.82) is 0 Å². The zero-order valence-corrected chi connectivity index (χ0v) is 14.3. The Morgan fingerprint density at radius 1 is 1.41 bits per heavy atom. The predicted octanol–water partition coefficient (Wildman–Crippen LogP) is 4.24. The van der Waals surface area contributed by atoms with Crippen molar-refractivity contribution in [2.45, 2.75) is 59.7 Å². The molecule has 3 rings (SSSR count). The molecule has 1 fully saturated rings. The number of hydrogen-bond donors (Lipinski definition) is 0. The Balaban J connectivity index is 2.09. The molecule has 1 aliphatic heterocycles. The van der Waals surface area contributed by atoms with Gasteiger partial charge in [0.25, 0.3) is 0 Å². The van der Waals surface area contributed by atoms with Gasteiger partial charge in [-0.05, 0) is 38.0 Å². The van der Waals surface area contributed by atoms with Gasteiger partial charge in [0.05, 0.1) is 0 Å². The highest BCUT2D eigenvalue weighted by molar-refractivity contribution is 5.99. The fourth-order valence-corrected chi connectivity index (χ4v) is 4.78. The molecule has 1 saturated carbocycles. The van der Waals surface area contributed by atoms with Crippen LogP contribution in [0.2, 0.25) is 0 Å². The zero-order valence-electron chi connectivity index (χ0n) is 14.3. The molecular formula is C19H28O3. The lowest BCUT2D eigenvalue weighted by Gasteiger charge is -2.53. The minimum Gasteiger partial charge on any atom is -0.469 e. The molecule has 0 aromatic carbocycles. The lowest BCUT2D eigenvalue weighted by Crippen LogP contribution is -2.51. The van der Waals surface area contributed by atoms with Crippen molar-refractivity contribution in [3.63, 3.8) is 0 Å². The van der Waals surface area contributed by atoms with Crippen molar-refractivity contribution in [1.82, 2.24) is 0 Å². The van der Waals surface area contributed by atoms with Crippen LogP contribution in [0.5, 0.6) is 0 Å². The van der Waals surface area contributed by atoms with Gasteiger partial charge >= 0.3 is 0 Å². The third kappa shape index (κ3) is 2.34. The predicted molar refractivity (Wildman–Crippen MR) is 86.1 cm³/mol. The Labute approximate surface area is 133 Å². The summed E-state index contributed by atoms with van der Waals surface area (Å²) in [5.41, 5.74) is 2.27. The highest BCUT2D eigenvalue weighted by Gasteiger charge is 2.55. The third-order valence-electron chi connectivity index (χ3n) is 5.82. The number of carbonyl (C=O) groups excluding carboxylic acids is 1. The number of fused-ring (bicyclic) bond motifs is 2. The van der Waals surface area contributed by atoms with Crippen LogP contribution in [0.3, 0.4) is 0 Å². The van der Waals surface area contributed by atoms with Crippen LogP contribution in [0.4, 0.5) is 0 Å². The molecule has 122 valence electrons. The normalized spacial score (nSPS) is 36.6. The van der Waals surface area contributed by atoms with Crippen molar-refractivity contribution in [2.75, 3.05) is 6.61 Å². The van der Waals surface area contributed by atoms with Crippen molar-refractivity contribution in [2.24, 2.45) is 23.2 Å². The smallest absolute Gasteiger partial charge is 0.203 e. The first-order chi connectivity index (χ1) is 10.4. The van der Waals surface area contributed by atoms with Crippen LogP contribution in [0.1, 0.15) is 53.4 Å². The molecule has 0 radical (unpaired) electrons. The van der Waals surface area contributed by atoms with E-state index in [1.807, 2.05) is 6.92 Å². The van der Waals surface area contributed by atoms with Crippen molar-refractivity contribution >= 4 is 5.78 Å². The van der Waals surface area contributed by atoms with Gasteiger partial charge in [0, 0.05) is 36.9 Å². The van der Waals surface area contributed by atoms with Crippen LogP contribution in [0.25, 0.3) is 0 Å². The number of ketones is 1. The van der Waals surface area contributed by atoms with E-state index in [-0.39, 0.29) is 29.3 Å². The number of carbonyl (C=O) groups is 1. The molecule has 3 nitrogen and oxygen atoms in total. The van der Waals surface area contributed by atoms with Crippen molar-refractivity contribution in [3.8, 4) is 0 Å². The average Bonchev–Trinajstić information content (AvgIpc) is 2.80. The van der Waals surface area contributed by atoms with E-state index in [1.54, 1.807) is 0 Å². The van der Waals surface area contributed by atoms with E-state index in [0.717, 1.165) is 30.6 Å². The van der Waals surface area contributed by atoms with E-state index >= 15 is 0 Å². The molecular weight excluding hydrogens is 276 g/mol. The first-order valence-corrected chi connectivity index (χ1v) is 8.56. The van der Waals surface area contributed by atoms with E-state index in [9.17, 15) is 4.79 Å². The summed E-state index contributed by atoms with van der Waals surface area (Å²) in [4.78, 5) is 12.5. The molecule has 3 heteroatoms. The van der Waals surface area contributed by atoms with Crippen LogP contribution in [-0.4, -0.2) is 18.7 Å². The van der Waals surface area contributed by atoms with E-state index in [4.69, 9.17) is 9.47 Å². The number of allylic oxidation sites excluding steroid dienone is 3. The summed E-state index contributed by atoms with van der Waals surface area (Å²) in [6.45, 7) is 13.5. The lowest BCUT2D eigenvalue weighted by molar-refractivity contribution is -0.196. The van der Waals surface area contributed by atoms with Gasteiger partial charge in [-0.2, -0.15) is 0 Å². The summed E-state index contributed by atoms with van der Waals surface area (Å²) in [5.74, 6) is 2.01. The summed E-state index contributed by atoms with van der Waals surface area (Å²) >= 11 is 0. The summed E-state index contributed by atoms with van der Waals surface area (Å²) in [5, 5.41) is 0. The summed E-state index contributed by atoms with van der Waals surface area (Å²) in [6.07, 6.45) is 3.33. The van der Waals surface area contributed by atoms with Gasteiger partial charge in [0.1, 0.15) is 5.76 Å². The van der Waals surface area contributed by atoms with Gasteiger partial charge in [0.15, 0.2) is 5.78 Å². The Morgan fingerprint density at radius 2 is 2.14 bits per heavy atom. The molecule has 0 N–H and O–H groups in total. The average molecular weight is 304 g/mol. The Bertz CT molecular complexity index is 529. The Kier molecular flexibility index (Phi) is 3.96. The fraction of sp³-hybridized carbons (Fsp3) is 0.737. The largest absolute Gasteiger partial charge is 0.469 e. The standard InChI is InChI=1S/C19H28O3/c1-6-21-18-15-12(11(2)3)9-10-19(4,5)17(15)16-13(20)7-8-14(16)22-18/h12,15,17-18H,2,6-10H2,1,3-5H3/t12-,15-,17-,18+/m1/s1. The highest BCUT2D eigenvalue weighted by Crippen LogP contribution is 2.57. The SMILES string of the molecule is C=C(C)[C@H]1CCC(C)(C)[C@H]2C3=C(CCC3=O)O[C@H](OCC)[C@H]12. The topological polar surface area (TPSA) is 35.5 Å². The third-order valence-corrected chi connectivity index (χ3v) is 5.82. The second-order valence-electron chi connectivity index (χ2n) is 7.74. The lowest BCUT2D eigenvalue weighted by atomic mass is 9.55. The Morgan fingerprint density at radius 3 is 2.77 bits per heavy atom.